The number of nitrogens with zero attached hydrogens (tertiary/aromatic N) is 4. The van der Waals surface area contributed by atoms with Crippen LogP contribution in [0.4, 0.5) is 0 Å². The van der Waals surface area contributed by atoms with E-state index in [0.29, 0.717) is 12.4 Å². The van der Waals surface area contributed by atoms with Crippen LogP contribution in [0, 0.1) is 13.8 Å². The van der Waals surface area contributed by atoms with Crippen LogP contribution in [0.1, 0.15) is 22.8 Å². The first kappa shape index (κ1) is 13.1. The minimum atomic E-state index is 0.370. The zero-order valence-corrected chi connectivity index (χ0v) is 12.2. The largest absolute Gasteiger partial charge is 0.307 e. The van der Waals surface area contributed by atoms with Crippen LogP contribution in [-0.4, -0.2) is 19.5 Å². The van der Waals surface area contributed by atoms with E-state index in [4.69, 9.17) is 11.6 Å². The number of hydrogen-bond acceptors (Lipinski definition) is 3. The molecule has 0 spiro atoms. The molecule has 0 unspecified atom stereocenters. The Bertz CT molecular complexity index is 746. The van der Waals surface area contributed by atoms with Gasteiger partial charge in [0.05, 0.1) is 12.4 Å². The Morgan fingerprint density at radius 1 is 1.05 bits per heavy atom. The Balaban J connectivity index is 2.08. The summed E-state index contributed by atoms with van der Waals surface area (Å²) in [6, 6.07) is 8.03. The predicted molar refractivity (Wildman–Crippen MR) is 79.9 cm³/mol. The van der Waals surface area contributed by atoms with Crippen molar-refractivity contribution in [1.82, 2.24) is 19.5 Å². The van der Waals surface area contributed by atoms with Gasteiger partial charge in [0.1, 0.15) is 11.3 Å². The fourth-order valence-electron chi connectivity index (χ4n) is 2.19. The van der Waals surface area contributed by atoms with Gasteiger partial charge in [0, 0.05) is 17.6 Å². The molecule has 0 aliphatic carbocycles. The second-order valence-electron chi connectivity index (χ2n) is 4.85. The Labute approximate surface area is 122 Å². The van der Waals surface area contributed by atoms with Gasteiger partial charge in [-0.15, -0.1) is 11.6 Å². The topological polar surface area (TPSA) is 43.6 Å². The molecule has 4 nitrogen and oxygen atoms in total. The van der Waals surface area contributed by atoms with E-state index in [2.05, 4.69) is 25.6 Å². The Kier molecular flexibility index (Phi) is 3.40. The lowest BCUT2D eigenvalue weighted by Crippen LogP contribution is -2.05. The summed E-state index contributed by atoms with van der Waals surface area (Å²) in [7, 11) is 0. The first-order valence-corrected chi connectivity index (χ1v) is 7.01. The quantitative estimate of drug-likeness (QED) is 0.694. The molecular formula is C15H15ClN4. The molecule has 0 N–H and O–H groups in total. The number of hydrogen-bond donors (Lipinski definition) is 0. The summed E-state index contributed by atoms with van der Waals surface area (Å²) < 4.78 is 2.06. The maximum absolute atomic E-state index is 6.01. The highest BCUT2D eigenvalue weighted by atomic mass is 35.5. The number of fused-ring (bicyclic) bond motifs is 1. The molecule has 20 heavy (non-hydrogen) atoms. The Morgan fingerprint density at radius 3 is 2.55 bits per heavy atom. The molecule has 0 amide bonds. The maximum atomic E-state index is 6.01. The fourth-order valence-corrected chi connectivity index (χ4v) is 2.39. The number of rotatable bonds is 3. The van der Waals surface area contributed by atoms with Gasteiger partial charge in [-0.3, -0.25) is 4.98 Å². The average molecular weight is 287 g/mol. The van der Waals surface area contributed by atoms with E-state index in [1.165, 1.54) is 0 Å². The molecule has 3 rings (SSSR count). The summed E-state index contributed by atoms with van der Waals surface area (Å²) in [4.78, 5) is 13.4. The van der Waals surface area contributed by atoms with E-state index >= 15 is 0 Å². The van der Waals surface area contributed by atoms with Gasteiger partial charge in [-0.1, -0.05) is 6.07 Å². The van der Waals surface area contributed by atoms with Crippen molar-refractivity contribution >= 4 is 22.8 Å². The minimum Gasteiger partial charge on any atom is -0.307 e. The summed E-state index contributed by atoms with van der Waals surface area (Å²) in [6.45, 7) is 4.64. The van der Waals surface area contributed by atoms with E-state index in [1.54, 1.807) is 0 Å². The highest BCUT2D eigenvalue weighted by Crippen LogP contribution is 2.18. The van der Waals surface area contributed by atoms with E-state index < -0.39 is 0 Å². The molecule has 0 saturated carbocycles. The normalized spacial score (nSPS) is 11.2. The molecular weight excluding hydrogens is 272 g/mol. The van der Waals surface area contributed by atoms with Crippen molar-refractivity contribution in [1.29, 1.82) is 0 Å². The molecule has 0 aliphatic rings. The maximum Gasteiger partial charge on any atom is 0.160 e. The first-order chi connectivity index (χ1) is 9.67. The number of aromatic nitrogens is 4. The van der Waals surface area contributed by atoms with Crippen molar-refractivity contribution in [3.05, 3.63) is 53.2 Å². The van der Waals surface area contributed by atoms with E-state index in [-0.39, 0.29) is 0 Å². The number of aryl methyl sites for hydroxylation is 2. The Hall–Kier alpha value is -1.94. The van der Waals surface area contributed by atoms with Crippen LogP contribution < -0.4 is 0 Å². The third kappa shape index (κ3) is 2.39. The van der Waals surface area contributed by atoms with Gasteiger partial charge in [-0.05, 0) is 37.6 Å². The van der Waals surface area contributed by atoms with Crippen LogP contribution in [0.15, 0.2) is 30.5 Å². The van der Waals surface area contributed by atoms with E-state index in [0.717, 1.165) is 33.9 Å². The van der Waals surface area contributed by atoms with Crippen LogP contribution in [0.5, 0.6) is 0 Å². The molecule has 102 valence electrons. The van der Waals surface area contributed by atoms with Gasteiger partial charge in [0.2, 0.25) is 0 Å². The van der Waals surface area contributed by atoms with Gasteiger partial charge in [-0.2, -0.15) is 0 Å². The number of pyridine rings is 2. The van der Waals surface area contributed by atoms with Crippen LogP contribution in [0.3, 0.4) is 0 Å². The van der Waals surface area contributed by atoms with Gasteiger partial charge >= 0.3 is 0 Å². The summed E-state index contributed by atoms with van der Waals surface area (Å²) in [5.74, 6) is 1.20. The van der Waals surface area contributed by atoms with E-state index in [1.807, 2.05) is 38.2 Å². The molecule has 0 radical (unpaired) electrons. The molecule has 3 aromatic rings. The van der Waals surface area contributed by atoms with Crippen LogP contribution in [-0.2, 0) is 12.4 Å². The summed E-state index contributed by atoms with van der Waals surface area (Å²) in [5.41, 5.74) is 4.86. The lowest BCUT2D eigenvalue weighted by molar-refractivity contribution is 0.765. The van der Waals surface area contributed by atoms with Crippen molar-refractivity contribution in [2.75, 3.05) is 0 Å². The Morgan fingerprint density at radius 2 is 1.85 bits per heavy atom. The number of imidazole rings is 1. The molecule has 3 aromatic heterocycles. The van der Waals surface area contributed by atoms with Crippen molar-refractivity contribution in [3.63, 3.8) is 0 Å². The summed E-state index contributed by atoms with van der Waals surface area (Å²) in [6.07, 6.45) is 1.88. The van der Waals surface area contributed by atoms with Crippen molar-refractivity contribution in [3.8, 4) is 0 Å². The number of alkyl halides is 1. The van der Waals surface area contributed by atoms with Crippen molar-refractivity contribution in [2.24, 2.45) is 0 Å². The van der Waals surface area contributed by atoms with Crippen LogP contribution >= 0.6 is 11.6 Å². The summed E-state index contributed by atoms with van der Waals surface area (Å²) in [5, 5.41) is 0. The third-order valence-corrected chi connectivity index (χ3v) is 3.48. The standard InChI is InChI=1S/C15H15ClN4/c1-10-3-5-12(8-17-10)9-20-14(7-16)19-13-6-4-11(2)18-15(13)20/h3-6,8H,7,9H2,1-2H3. The zero-order valence-electron chi connectivity index (χ0n) is 11.5. The average Bonchev–Trinajstić information content (AvgIpc) is 2.79. The molecule has 0 saturated heterocycles. The molecule has 0 atom stereocenters. The second-order valence-corrected chi connectivity index (χ2v) is 5.12. The van der Waals surface area contributed by atoms with E-state index in [9.17, 15) is 0 Å². The van der Waals surface area contributed by atoms with Crippen molar-refractivity contribution in [2.45, 2.75) is 26.3 Å². The summed E-state index contributed by atoms with van der Waals surface area (Å²) >= 11 is 6.01. The van der Waals surface area contributed by atoms with Crippen LogP contribution in [0.2, 0.25) is 0 Å². The molecule has 0 aliphatic heterocycles. The molecule has 0 fully saturated rings. The third-order valence-electron chi connectivity index (χ3n) is 3.24. The predicted octanol–water partition coefficient (Wildman–Crippen LogP) is 3.23. The van der Waals surface area contributed by atoms with Gasteiger partial charge < -0.3 is 4.57 Å². The molecule has 5 heteroatoms. The minimum absolute atomic E-state index is 0.370. The smallest absolute Gasteiger partial charge is 0.160 e. The molecule has 3 heterocycles. The SMILES string of the molecule is Cc1ccc(Cn2c(CCl)nc3ccc(C)nc32)cn1. The lowest BCUT2D eigenvalue weighted by atomic mass is 10.2. The zero-order chi connectivity index (χ0) is 14.1. The monoisotopic (exact) mass is 286 g/mol. The second kappa shape index (κ2) is 5.21. The first-order valence-electron chi connectivity index (χ1n) is 6.47. The van der Waals surface area contributed by atoms with Gasteiger partial charge in [-0.25, -0.2) is 9.97 Å². The van der Waals surface area contributed by atoms with Gasteiger partial charge in [0.25, 0.3) is 0 Å². The van der Waals surface area contributed by atoms with Gasteiger partial charge in [0.15, 0.2) is 5.65 Å². The highest BCUT2D eigenvalue weighted by Gasteiger charge is 2.11. The fraction of sp³-hybridized carbons (Fsp3) is 0.267. The lowest BCUT2D eigenvalue weighted by Gasteiger charge is -2.07. The highest BCUT2D eigenvalue weighted by molar-refractivity contribution is 6.16. The molecule has 0 aromatic carbocycles. The number of halogens is 1. The molecule has 0 bridgehead atoms. The van der Waals surface area contributed by atoms with Crippen LogP contribution in [0.25, 0.3) is 11.2 Å². The van der Waals surface area contributed by atoms with Crippen molar-refractivity contribution < 1.29 is 0 Å².